The summed E-state index contributed by atoms with van der Waals surface area (Å²) in [7, 11) is 0. The summed E-state index contributed by atoms with van der Waals surface area (Å²) in [6, 6.07) is 12.5. The maximum absolute atomic E-state index is 13.2. The minimum atomic E-state index is -4.44. The molecule has 0 spiro atoms. The van der Waals surface area contributed by atoms with Gasteiger partial charge in [-0.25, -0.2) is 0 Å². The largest absolute Gasteiger partial charge is 0.416 e. The van der Waals surface area contributed by atoms with Gasteiger partial charge in [-0.05, 0) is 54.7 Å². The lowest BCUT2D eigenvalue weighted by molar-refractivity contribution is -0.137. The summed E-state index contributed by atoms with van der Waals surface area (Å²) in [5, 5.41) is 6.73. The Morgan fingerprint density at radius 3 is 2.38 bits per heavy atom. The summed E-state index contributed by atoms with van der Waals surface area (Å²) < 4.78 is 39.2. The van der Waals surface area contributed by atoms with Gasteiger partial charge in [-0.2, -0.15) is 13.2 Å². The molecule has 2 aliphatic heterocycles. The standard InChI is InChI=1S/C31H38F3N5O3/c1-21(40)39(20-23-5-4-6-25(19-23)31(32,33)34)14-13-22-9-11-24(12-10-22)29(42)37-15-17-38(18-16-37)30-35-27-8-3-2-7-26(27)28(41)36-30/h4-6,9-12,19,26-27,30,35H,2-3,7-8,13-18,20H2,1H3,(H,36,41). The average molecular weight is 586 g/mol. The Hall–Kier alpha value is -3.44. The lowest BCUT2D eigenvalue weighted by Crippen LogP contribution is -2.69. The number of alkyl halides is 3. The first-order chi connectivity index (χ1) is 20.1. The van der Waals surface area contributed by atoms with E-state index in [4.69, 9.17) is 0 Å². The van der Waals surface area contributed by atoms with E-state index >= 15 is 0 Å². The molecule has 2 aromatic rings. The molecule has 3 amide bonds. The van der Waals surface area contributed by atoms with Gasteiger partial charge in [0.2, 0.25) is 11.8 Å². The van der Waals surface area contributed by atoms with Crippen molar-refractivity contribution in [1.29, 1.82) is 0 Å². The van der Waals surface area contributed by atoms with Gasteiger partial charge in [-0.15, -0.1) is 0 Å². The van der Waals surface area contributed by atoms with Crippen molar-refractivity contribution in [3.8, 4) is 0 Å². The highest BCUT2D eigenvalue weighted by molar-refractivity contribution is 5.94. The maximum Gasteiger partial charge on any atom is 0.416 e. The maximum atomic E-state index is 13.2. The molecule has 8 nitrogen and oxygen atoms in total. The third kappa shape index (κ3) is 7.12. The number of nitrogens with zero attached hydrogens (tertiary/aromatic N) is 3. The van der Waals surface area contributed by atoms with Crippen LogP contribution in [0.1, 0.15) is 59.7 Å². The minimum absolute atomic E-state index is 0.0518. The highest BCUT2D eigenvalue weighted by Gasteiger charge is 2.40. The molecule has 42 heavy (non-hydrogen) atoms. The normalized spacial score (nSPS) is 23.2. The molecule has 226 valence electrons. The van der Waals surface area contributed by atoms with E-state index in [9.17, 15) is 27.6 Å². The lowest BCUT2D eigenvalue weighted by atomic mass is 9.82. The Balaban J connectivity index is 1.11. The SMILES string of the molecule is CC(=O)N(CCc1ccc(C(=O)N2CCN(C3NC(=O)C4CCCCC4N3)CC2)cc1)Cc1cccc(C(F)(F)F)c1. The van der Waals surface area contributed by atoms with Crippen molar-refractivity contribution in [2.24, 2.45) is 5.92 Å². The number of nitrogens with one attached hydrogen (secondary N) is 2. The topological polar surface area (TPSA) is 85.0 Å². The van der Waals surface area contributed by atoms with Crippen molar-refractivity contribution in [2.45, 2.75) is 64.1 Å². The molecular weight excluding hydrogens is 547 g/mol. The third-order valence-corrected chi connectivity index (χ3v) is 8.66. The number of rotatable bonds is 7. The summed E-state index contributed by atoms with van der Waals surface area (Å²) >= 11 is 0. The summed E-state index contributed by atoms with van der Waals surface area (Å²) in [6.07, 6.45) is 0.0712. The Morgan fingerprint density at radius 2 is 1.69 bits per heavy atom. The second-order valence-corrected chi connectivity index (χ2v) is 11.5. The fourth-order valence-corrected chi connectivity index (χ4v) is 6.19. The van der Waals surface area contributed by atoms with Crippen molar-refractivity contribution in [3.05, 3.63) is 70.8 Å². The van der Waals surface area contributed by atoms with E-state index in [1.54, 1.807) is 18.2 Å². The van der Waals surface area contributed by atoms with Gasteiger partial charge in [0, 0.05) is 57.8 Å². The third-order valence-electron chi connectivity index (χ3n) is 8.66. The van der Waals surface area contributed by atoms with Crippen LogP contribution in [0.5, 0.6) is 0 Å². The smallest absolute Gasteiger partial charge is 0.338 e. The molecule has 1 aliphatic carbocycles. The predicted octanol–water partition coefficient (Wildman–Crippen LogP) is 3.62. The van der Waals surface area contributed by atoms with Gasteiger partial charge in [0.1, 0.15) is 6.29 Å². The molecule has 0 aromatic heterocycles. The monoisotopic (exact) mass is 585 g/mol. The van der Waals surface area contributed by atoms with E-state index in [0.717, 1.165) is 43.4 Å². The quantitative estimate of drug-likeness (QED) is 0.519. The molecule has 11 heteroatoms. The van der Waals surface area contributed by atoms with Crippen molar-refractivity contribution >= 4 is 17.7 Å². The molecule has 3 aliphatic rings. The number of carbonyl (C=O) groups excluding carboxylic acids is 3. The van der Waals surface area contributed by atoms with Crippen LogP contribution in [0.4, 0.5) is 13.2 Å². The van der Waals surface area contributed by atoms with Crippen LogP contribution >= 0.6 is 0 Å². The highest BCUT2D eigenvalue weighted by Crippen LogP contribution is 2.30. The van der Waals surface area contributed by atoms with Crippen molar-refractivity contribution in [2.75, 3.05) is 32.7 Å². The van der Waals surface area contributed by atoms with E-state index in [1.165, 1.54) is 17.9 Å². The van der Waals surface area contributed by atoms with E-state index < -0.39 is 11.7 Å². The molecule has 3 fully saturated rings. The molecule has 3 unspecified atom stereocenters. The number of fused-ring (bicyclic) bond motifs is 1. The van der Waals surface area contributed by atoms with E-state index in [0.29, 0.717) is 50.3 Å². The number of carbonyl (C=O) groups is 3. The first-order valence-electron chi connectivity index (χ1n) is 14.7. The summed E-state index contributed by atoms with van der Waals surface area (Å²) in [5.74, 6) is -0.0881. The number of amides is 3. The number of hydrogen-bond donors (Lipinski definition) is 2. The zero-order chi connectivity index (χ0) is 29.9. The van der Waals surface area contributed by atoms with Crippen LogP contribution in [0.15, 0.2) is 48.5 Å². The number of piperazine rings is 1. The molecule has 2 N–H and O–H groups in total. The van der Waals surface area contributed by atoms with Crippen molar-refractivity contribution < 1.29 is 27.6 Å². The second kappa shape index (κ2) is 12.8. The first kappa shape index (κ1) is 30.0. The first-order valence-corrected chi connectivity index (χ1v) is 14.7. The van der Waals surface area contributed by atoms with Gasteiger partial charge in [0.05, 0.1) is 11.5 Å². The van der Waals surface area contributed by atoms with Crippen LogP contribution in [0.2, 0.25) is 0 Å². The average Bonchev–Trinajstić information content (AvgIpc) is 2.99. The Bertz CT molecular complexity index is 1280. The summed E-state index contributed by atoms with van der Waals surface area (Å²) in [5.41, 5.74) is 1.18. The fraction of sp³-hybridized carbons (Fsp3) is 0.516. The molecule has 0 bridgehead atoms. The molecule has 0 radical (unpaired) electrons. The lowest BCUT2D eigenvalue weighted by Gasteiger charge is -2.46. The molecule has 3 atom stereocenters. The van der Waals surface area contributed by atoms with Gasteiger partial charge in [0.15, 0.2) is 0 Å². The van der Waals surface area contributed by atoms with E-state index in [2.05, 4.69) is 15.5 Å². The Labute approximate surface area is 244 Å². The zero-order valence-electron chi connectivity index (χ0n) is 23.8. The van der Waals surface area contributed by atoms with E-state index in [1.807, 2.05) is 17.0 Å². The van der Waals surface area contributed by atoms with Gasteiger partial charge >= 0.3 is 6.18 Å². The Kier molecular flexibility index (Phi) is 9.17. The van der Waals surface area contributed by atoms with Gasteiger partial charge in [0.25, 0.3) is 5.91 Å². The van der Waals surface area contributed by atoms with Crippen molar-refractivity contribution in [3.63, 3.8) is 0 Å². The fourth-order valence-electron chi connectivity index (χ4n) is 6.19. The number of halogens is 3. The highest BCUT2D eigenvalue weighted by atomic mass is 19.4. The second-order valence-electron chi connectivity index (χ2n) is 11.5. The van der Waals surface area contributed by atoms with Crippen LogP contribution in [-0.2, 0) is 28.7 Å². The van der Waals surface area contributed by atoms with Gasteiger partial charge in [-0.1, -0.05) is 37.1 Å². The van der Waals surface area contributed by atoms with E-state index in [-0.39, 0.29) is 42.5 Å². The van der Waals surface area contributed by atoms with Crippen LogP contribution in [0.3, 0.4) is 0 Å². The summed E-state index contributed by atoms with van der Waals surface area (Å²) in [6.45, 7) is 4.27. The van der Waals surface area contributed by atoms with Gasteiger partial charge < -0.3 is 15.1 Å². The summed E-state index contributed by atoms with van der Waals surface area (Å²) in [4.78, 5) is 43.5. The molecule has 2 saturated heterocycles. The van der Waals surface area contributed by atoms with Crippen LogP contribution in [0, 0.1) is 5.92 Å². The molecule has 1 saturated carbocycles. The number of hydrogen-bond acceptors (Lipinski definition) is 5. The Morgan fingerprint density at radius 1 is 0.976 bits per heavy atom. The number of benzene rings is 2. The van der Waals surface area contributed by atoms with Crippen LogP contribution < -0.4 is 10.6 Å². The predicted molar refractivity (Wildman–Crippen MR) is 151 cm³/mol. The van der Waals surface area contributed by atoms with Crippen molar-refractivity contribution in [1.82, 2.24) is 25.3 Å². The zero-order valence-corrected chi connectivity index (χ0v) is 23.8. The van der Waals surface area contributed by atoms with Crippen LogP contribution in [0.25, 0.3) is 0 Å². The molecular formula is C31H38F3N5O3. The molecule has 5 rings (SSSR count). The molecule has 2 aromatic carbocycles. The molecule has 2 heterocycles. The van der Waals surface area contributed by atoms with Crippen LogP contribution in [-0.4, -0.2) is 77.5 Å². The minimum Gasteiger partial charge on any atom is -0.338 e. The van der Waals surface area contributed by atoms with Gasteiger partial charge in [-0.3, -0.25) is 24.6 Å².